The maximum atomic E-state index is 12.2. The van der Waals surface area contributed by atoms with Gasteiger partial charge in [-0.3, -0.25) is 4.99 Å². The van der Waals surface area contributed by atoms with Gasteiger partial charge >= 0.3 is 0 Å². The van der Waals surface area contributed by atoms with Crippen molar-refractivity contribution >= 4 is 15.8 Å². The Balaban J connectivity index is 1.63. The third-order valence-electron chi connectivity index (χ3n) is 5.42. The van der Waals surface area contributed by atoms with Gasteiger partial charge in [0.2, 0.25) is 0 Å². The second-order valence-corrected chi connectivity index (χ2v) is 10.4. The Morgan fingerprint density at radius 2 is 2.08 bits per heavy atom. The van der Waals surface area contributed by atoms with Crippen LogP contribution in [0.4, 0.5) is 0 Å². The molecule has 0 spiro atoms. The molecule has 2 aliphatic rings. The van der Waals surface area contributed by atoms with Gasteiger partial charge in [-0.15, -0.1) is 0 Å². The van der Waals surface area contributed by atoms with E-state index < -0.39 is 14.6 Å². The molecule has 3 rings (SSSR count). The Bertz CT molecular complexity index is 747. The van der Waals surface area contributed by atoms with E-state index in [0.29, 0.717) is 19.0 Å². The fourth-order valence-corrected chi connectivity index (χ4v) is 5.10. The second kappa shape index (κ2) is 7.56. The van der Waals surface area contributed by atoms with E-state index in [4.69, 9.17) is 4.74 Å². The van der Waals surface area contributed by atoms with Gasteiger partial charge in [0.05, 0.1) is 16.6 Å². The van der Waals surface area contributed by atoms with E-state index in [1.165, 1.54) is 5.56 Å². The first-order valence-electron chi connectivity index (χ1n) is 9.18. The Morgan fingerprint density at radius 1 is 1.35 bits per heavy atom. The quantitative estimate of drug-likeness (QED) is 0.641. The van der Waals surface area contributed by atoms with Crippen LogP contribution in [0.5, 0.6) is 0 Å². The highest BCUT2D eigenvalue weighted by Crippen LogP contribution is 2.34. The molecule has 6 nitrogen and oxygen atoms in total. The third kappa shape index (κ3) is 3.88. The molecule has 0 bridgehead atoms. The van der Waals surface area contributed by atoms with Crippen molar-refractivity contribution in [1.29, 1.82) is 0 Å². The highest BCUT2D eigenvalue weighted by molar-refractivity contribution is 7.92. The number of hydrogen-bond acceptors (Lipinski definition) is 4. The SMILES string of the molecule is CN=C(NCC1CCOC1c1ccccc1)N1CCS(=O)(=O)C(C)(C)C1. The van der Waals surface area contributed by atoms with E-state index in [-0.39, 0.29) is 11.9 Å². The predicted molar refractivity (Wildman–Crippen MR) is 104 cm³/mol. The lowest BCUT2D eigenvalue weighted by Gasteiger charge is -2.39. The van der Waals surface area contributed by atoms with Crippen LogP contribution < -0.4 is 5.32 Å². The number of nitrogens with one attached hydrogen (secondary N) is 1. The van der Waals surface area contributed by atoms with Crippen molar-refractivity contribution in [3.63, 3.8) is 0 Å². The predicted octanol–water partition coefficient (Wildman–Crippen LogP) is 1.85. The number of aliphatic imine (C=N–C) groups is 1. The summed E-state index contributed by atoms with van der Waals surface area (Å²) in [6.45, 7) is 6.04. The molecule has 144 valence electrons. The maximum Gasteiger partial charge on any atom is 0.193 e. The molecule has 0 aromatic heterocycles. The zero-order chi connectivity index (χ0) is 18.8. The van der Waals surface area contributed by atoms with Gasteiger partial charge < -0.3 is 15.0 Å². The largest absolute Gasteiger partial charge is 0.373 e. The van der Waals surface area contributed by atoms with Crippen molar-refractivity contribution in [2.45, 2.75) is 31.1 Å². The number of benzene rings is 1. The average molecular weight is 380 g/mol. The molecular formula is C19H29N3O3S. The average Bonchev–Trinajstić information content (AvgIpc) is 3.08. The van der Waals surface area contributed by atoms with E-state index in [1.54, 1.807) is 20.9 Å². The fourth-order valence-electron chi connectivity index (χ4n) is 3.73. The molecule has 0 radical (unpaired) electrons. The molecule has 2 fully saturated rings. The van der Waals surface area contributed by atoms with Crippen molar-refractivity contribution in [2.24, 2.45) is 10.9 Å². The highest BCUT2D eigenvalue weighted by Gasteiger charge is 2.41. The molecule has 0 aliphatic carbocycles. The molecule has 1 aromatic rings. The topological polar surface area (TPSA) is 71.0 Å². The van der Waals surface area contributed by atoms with Gasteiger partial charge in [-0.2, -0.15) is 0 Å². The van der Waals surface area contributed by atoms with Crippen LogP contribution >= 0.6 is 0 Å². The normalized spacial score (nSPS) is 28.1. The van der Waals surface area contributed by atoms with Crippen LogP contribution in [0.25, 0.3) is 0 Å². The van der Waals surface area contributed by atoms with Crippen LogP contribution in [-0.4, -0.2) is 63.1 Å². The number of nitrogens with zero attached hydrogens (tertiary/aromatic N) is 2. The third-order valence-corrected chi connectivity index (χ3v) is 7.95. The Hall–Kier alpha value is -1.60. The van der Waals surface area contributed by atoms with E-state index >= 15 is 0 Å². The van der Waals surface area contributed by atoms with Gasteiger partial charge in [0.15, 0.2) is 15.8 Å². The first kappa shape index (κ1) is 19.2. The minimum atomic E-state index is -3.06. The van der Waals surface area contributed by atoms with Crippen molar-refractivity contribution in [2.75, 3.05) is 39.0 Å². The first-order valence-corrected chi connectivity index (χ1v) is 10.8. The molecule has 26 heavy (non-hydrogen) atoms. The molecule has 2 heterocycles. The Labute approximate surface area is 156 Å². The summed E-state index contributed by atoms with van der Waals surface area (Å²) in [6.07, 6.45) is 1.10. The molecular weight excluding hydrogens is 350 g/mol. The summed E-state index contributed by atoms with van der Waals surface area (Å²) in [6, 6.07) is 10.3. The zero-order valence-electron chi connectivity index (χ0n) is 15.8. The van der Waals surface area contributed by atoms with Gasteiger partial charge in [-0.05, 0) is 25.8 Å². The van der Waals surface area contributed by atoms with Gasteiger partial charge in [0.25, 0.3) is 0 Å². The summed E-state index contributed by atoms with van der Waals surface area (Å²) in [7, 11) is -1.31. The number of hydrogen-bond donors (Lipinski definition) is 1. The van der Waals surface area contributed by atoms with Crippen LogP contribution in [0.1, 0.15) is 31.9 Å². The Morgan fingerprint density at radius 3 is 2.73 bits per heavy atom. The summed E-state index contributed by atoms with van der Waals surface area (Å²) in [5.74, 6) is 1.31. The van der Waals surface area contributed by atoms with Crippen molar-refractivity contribution in [3.8, 4) is 0 Å². The van der Waals surface area contributed by atoms with Crippen molar-refractivity contribution < 1.29 is 13.2 Å². The molecule has 2 saturated heterocycles. The molecule has 1 aromatic carbocycles. The van der Waals surface area contributed by atoms with E-state index in [0.717, 1.165) is 25.5 Å². The molecule has 2 aliphatic heterocycles. The van der Waals surface area contributed by atoms with E-state index in [1.807, 2.05) is 23.1 Å². The van der Waals surface area contributed by atoms with Crippen LogP contribution in [-0.2, 0) is 14.6 Å². The molecule has 0 saturated carbocycles. The summed E-state index contributed by atoms with van der Waals surface area (Å²) in [5.41, 5.74) is 1.21. The summed E-state index contributed by atoms with van der Waals surface area (Å²) >= 11 is 0. The van der Waals surface area contributed by atoms with Crippen LogP contribution in [0.15, 0.2) is 35.3 Å². The standard InChI is InChI=1S/C19H29N3O3S/c1-19(2)14-22(10-12-26(19,23)24)18(20-3)21-13-16-9-11-25-17(16)15-7-5-4-6-8-15/h4-8,16-17H,9-14H2,1-3H3,(H,20,21). The van der Waals surface area contributed by atoms with E-state index in [9.17, 15) is 8.42 Å². The molecule has 0 amide bonds. The summed E-state index contributed by atoms with van der Waals surface area (Å²) in [4.78, 5) is 6.43. The number of rotatable bonds is 3. The van der Waals surface area contributed by atoms with E-state index in [2.05, 4.69) is 22.4 Å². The lowest BCUT2D eigenvalue weighted by Crippen LogP contribution is -2.57. The van der Waals surface area contributed by atoms with Crippen LogP contribution in [0.3, 0.4) is 0 Å². The lowest BCUT2D eigenvalue weighted by atomic mass is 9.95. The molecule has 2 atom stereocenters. The van der Waals surface area contributed by atoms with Gasteiger partial charge in [0.1, 0.15) is 0 Å². The number of guanidine groups is 1. The van der Waals surface area contributed by atoms with Gasteiger partial charge in [0, 0.05) is 39.2 Å². The van der Waals surface area contributed by atoms with Gasteiger partial charge in [-0.25, -0.2) is 8.42 Å². The smallest absolute Gasteiger partial charge is 0.193 e. The second-order valence-electron chi connectivity index (χ2n) is 7.68. The van der Waals surface area contributed by atoms with Crippen molar-refractivity contribution in [3.05, 3.63) is 35.9 Å². The zero-order valence-corrected chi connectivity index (χ0v) is 16.6. The summed E-state index contributed by atoms with van der Waals surface area (Å²) < 4.78 is 29.6. The molecule has 1 N–H and O–H groups in total. The lowest BCUT2D eigenvalue weighted by molar-refractivity contribution is 0.0913. The Kier molecular flexibility index (Phi) is 5.58. The number of ether oxygens (including phenoxy) is 1. The monoisotopic (exact) mass is 379 g/mol. The molecule has 7 heteroatoms. The fraction of sp³-hybridized carbons (Fsp3) is 0.632. The molecule has 2 unspecified atom stereocenters. The summed E-state index contributed by atoms with van der Waals surface area (Å²) in [5, 5.41) is 3.45. The van der Waals surface area contributed by atoms with Gasteiger partial charge in [-0.1, -0.05) is 30.3 Å². The highest BCUT2D eigenvalue weighted by atomic mass is 32.2. The van der Waals surface area contributed by atoms with Crippen LogP contribution in [0.2, 0.25) is 0 Å². The minimum Gasteiger partial charge on any atom is -0.373 e. The maximum absolute atomic E-state index is 12.2. The number of sulfone groups is 1. The van der Waals surface area contributed by atoms with Crippen LogP contribution in [0, 0.1) is 5.92 Å². The first-order chi connectivity index (χ1) is 12.3. The van der Waals surface area contributed by atoms with Crippen molar-refractivity contribution in [1.82, 2.24) is 10.2 Å². The minimum absolute atomic E-state index is 0.0972.